The molecular formula is C13H14N2. The molecule has 1 rings (SSSR count). The Hall–Kier alpha value is -1.77. The molecule has 0 aliphatic heterocycles. The van der Waals surface area contributed by atoms with Crippen LogP contribution in [0.25, 0.3) is 0 Å². The predicted octanol–water partition coefficient (Wildman–Crippen LogP) is 1.73. The first-order valence-corrected chi connectivity index (χ1v) is 4.97. The van der Waals surface area contributed by atoms with Gasteiger partial charge in [0.1, 0.15) is 0 Å². The van der Waals surface area contributed by atoms with Gasteiger partial charge < -0.3 is 0 Å². The topological polar surface area (TPSA) is 35.8 Å². The summed E-state index contributed by atoms with van der Waals surface area (Å²) in [5, 5.41) is 11.8. The summed E-state index contributed by atoms with van der Waals surface area (Å²) in [4.78, 5) is 0. The summed E-state index contributed by atoms with van der Waals surface area (Å²) < 4.78 is 0. The van der Waals surface area contributed by atoms with Gasteiger partial charge >= 0.3 is 0 Å². The highest BCUT2D eigenvalue weighted by Crippen LogP contribution is 2.04. The number of nitriles is 1. The van der Waals surface area contributed by atoms with Gasteiger partial charge in [0.15, 0.2) is 0 Å². The lowest BCUT2D eigenvalue weighted by atomic mass is 10.1. The summed E-state index contributed by atoms with van der Waals surface area (Å²) in [6.45, 7) is 0.451. The van der Waals surface area contributed by atoms with Gasteiger partial charge in [-0.2, -0.15) is 5.26 Å². The van der Waals surface area contributed by atoms with Crippen LogP contribution in [0.5, 0.6) is 0 Å². The molecule has 76 valence electrons. The highest BCUT2D eigenvalue weighted by atomic mass is 14.9. The van der Waals surface area contributed by atoms with Crippen molar-refractivity contribution in [3.63, 3.8) is 0 Å². The van der Waals surface area contributed by atoms with Gasteiger partial charge in [-0.3, -0.25) is 5.32 Å². The van der Waals surface area contributed by atoms with Crippen LogP contribution >= 0.6 is 0 Å². The molecule has 0 radical (unpaired) electrons. The van der Waals surface area contributed by atoms with Crippen molar-refractivity contribution in [3.05, 3.63) is 35.9 Å². The quantitative estimate of drug-likeness (QED) is 0.731. The Morgan fingerprint density at radius 2 is 2.07 bits per heavy atom. The number of nitrogens with one attached hydrogen (secondary N) is 1. The second kappa shape index (κ2) is 6.65. The Morgan fingerprint density at radius 1 is 1.33 bits per heavy atom. The average Bonchev–Trinajstić information content (AvgIpc) is 2.31. The Labute approximate surface area is 90.9 Å². The average molecular weight is 198 g/mol. The van der Waals surface area contributed by atoms with E-state index in [2.05, 4.69) is 29.4 Å². The molecule has 0 heterocycles. The van der Waals surface area contributed by atoms with Gasteiger partial charge in [0.05, 0.1) is 18.7 Å². The van der Waals surface area contributed by atoms with Crippen molar-refractivity contribution in [1.29, 1.82) is 5.26 Å². The van der Waals surface area contributed by atoms with E-state index in [0.29, 0.717) is 6.54 Å². The number of terminal acetylenes is 1. The third kappa shape index (κ3) is 4.31. The number of hydrogen-bond acceptors (Lipinski definition) is 2. The fourth-order valence-electron chi connectivity index (χ4n) is 1.35. The molecule has 0 fully saturated rings. The fourth-order valence-corrected chi connectivity index (χ4v) is 1.35. The summed E-state index contributed by atoms with van der Waals surface area (Å²) in [7, 11) is 0. The third-order valence-corrected chi connectivity index (χ3v) is 2.17. The predicted molar refractivity (Wildman–Crippen MR) is 61.0 cm³/mol. The summed E-state index contributed by atoms with van der Waals surface area (Å²) in [5.41, 5.74) is 1.25. The highest BCUT2D eigenvalue weighted by Gasteiger charge is 2.05. The summed E-state index contributed by atoms with van der Waals surface area (Å²) >= 11 is 0. The molecule has 1 aromatic rings. The normalized spacial score (nSPS) is 11.3. The van der Waals surface area contributed by atoms with Gasteiger partial charge in [0.2, 0.25) is 0 Å². The van der Waals surface area contributed by atoms with E-state index in [-0.39, 0.29) is 6.04 Å². The van der Waals surface area contributed by atoms with Crippen LogP contribution in [0.4, 0.5) is 0 Å². The lowest BCUT2D eigenvalue weighted by Crippen LogP contribution is -2.28. The van der Waals surface area contributed by atoms with Crippen molar-refractivity contribution in [2.45, 2.75) is 18.9 Å². The maximum absolute atomic E-state index is 8.85. The van der Waals surface area contributed by atoms with Crippen LogP contribution < -0.4 is 5.32 Å². The molecule has 0 spiro atoms. The standard InChI is InChI=1S/C13H14N2/c1-2-10-15-13(11-14)9-8-12-6-4-3-5-7-12/h1,3-7,13,15H,8-10H2. The van der Waals surface area contributed by atoms with Crippen molar-refractivity contribution in [2.75, 3.05) is 6.54 Å². The van der Waals surface area contributed by atoms with Crippen molar-refractivity contribution in [1.82, 2.24) is 5.32 Å². The van der Waals surface area contributed by atoms with Gasteiger partial charge in [-0.05, 0) is 18.4 Å². The van der Waals surface area contributed by atoms with Crippen LogP contribution in [0, 0.1) is 23.7 Å². The molecule has 2 nitrogen and oxygen atoms in total. The smallest absolute Gasteiger partial charge is 0.0963 e. The van der Waals surface area contributed by atoms with Crippen LogP contribution in [-0.2, 0) is 6.42 Å². The van der Waals surface area contributed by atoms with Crippen LogP contribution in [-0.4, -0.2) is 12.6 Å². The molecule has 0 saturated carbocycles. The van der Waals surface area contributed by atoms with Gasteiger partial charge in [-0.1, -0.05) is 36.3 Å². The minimum atomic E-state index is -0.152. The molecule has 2 heteroatoms. The number of nitrogens with zero attached hydrogens (tertiary/aromatic N) is 1. The number of hydrogen-bond donors (Lipinski definition) is 1. The Kier molecular flexibility index (Phi) is 5.01. The lowest BCUT2D eigenvalue weighted by molar-refractivity contribution is 0.603. The van der Waals surface area contributed by atoms with E-state index in [4.69, 9.17) is 11.7 Å². The van der Waals surface area contributed by atoms with E-state index < -0.39 is 0 Å². The van der Waals surface area contributed by atoms with E-state index in [0.717, 1.165) is 12.8 Å². The zero-order valence-corrected chi connectivity index (χ0v) is 8.61. The van der Waals surface area contributed by atoms with Gasteiger partial charge in [0.25, 0.3) is 0 Å². The van der Waals surface area contributed by atoms with Crippen LogP contribution in [0.2, 0.25) is 0 Å². The first kappa shape index (κ1) is 11.3. The zero-order chi connectivity index (χ0) is 10.9. The second-order valence-electron chi connectivity index (χ2n) is 3.29. The van der Waals surface area contributed by atoms with E-state index in [1.807, 2.05) is 18.2 Å². The molecule has 0 aliphatic carbocycles. The first-order chi connectivity index (χ1) is 7.36. The number of aryl methyl sites for hydroxylation is 1. The van der Waals surface area contributed by atoms with Crippen LogP contribution in [0.1, 0.15) is 12.0 Å². The van der Waals surface area contributed by atoms with Crippen molar-refractivity contribution in [2.24, 2.45) is 0 Å². The van der Waals surface area contributed by atoms with Crippen molar-refractivity contribution >= 4 is 0 Å². The van der Waals surface area contributed by atoms with E-state index in [1.165, 1.54) is 5.56 Å². The Morgan fingerprint density at radius 3 is 2.67 bits per heavy atom. The van der Waals surface area contributed by atoms with Crippen LogP contribution in [0.15, 0.2) is 30.3 Å². The zero-order valence-electron chi connectivity index (χ0n) is 8.61. The molecular weight excluding hydrogens is 184 g/mol. The van der Waals surface area contributed by atoms with Gasteiger partial charge in [-0.15, -0.1) is 6.42 Å². The van der Waals surface area contributed by atoms with Gasteiger partial charge in [0, 0.05) is 0 Å². The molecule has 0 bridgehead atoms. The third-order valence-electron chi connectivity index (χ3n) is 2.17. The lowest BCUT2D eigenvalue weighted by Gasteiger charge is -2.08. The highest BCUT2D eigenvalue weighted by molar-refractivity contribution is 5.15. The van der Waals surface area contributed by atoms with E-state index in [1.54, 1.807) is 0 Å². The molecule has 0 saturated heterocycles. The molecule has 0 amide bonds. The molecule has 1 aromatic carbocycles. The maximum atomic E-state index is 8.85. The van der Waals surface area contributed by atoms with Gasteiger partial charge in [-0.25, -0.2) is 0 Å². The number of benzene rings is 1. The molecule has 0 aliphatic rings. The number of rotatable bonds is 5. The molecule has 15 heavy (non-hydrogen) atoms. The van der Waals surface area contributed by atoms with Crippen LogP contribution in [0.3, 0.4) is 0 Å². The van der Waals surface area contributed by atoms with E-state index >= 15 is 0 Å². The fraction of sp³-hybridized carbons (Fsp3) is 0.308. The molecule has 1 unspecified atom stereocenters. The Bertz CT molecular complexity index is 356. The molecule has 1 N–H and O–H groups in total. The summed E-state index contributed by atoms with van der Waals surface area (Å²) in [6, 6.07) is 12.2. The summed E-state index contributed by atoms with van der Waals surface area (Å²) in [6.07, 6.45) is 6.81. The molecule has 0 aromatic heterocycles. The monoisotopic (exact) mass is 198 g/mol. The van der Waals surface area contributed by atoms with E-state index in [9.17, 15) is 0 Å². The Balaban J connectivity index is 2.36. The van der Waals surface area contributed by atoms with Crippen molar-refractivity contribution in [3.8, 4) is 18.4 Å². The maximum Gasteiger partial charge on any atom is 0.0963 e. The largest absolute Gasteiger partial charge is 0.291 e. The summed E-state index contributed by atoms with van der Waals surface area (Å²) in [5.74, 6) is 2.47. The minimum absolute atomic E-state index is 0.152. The SMILES string of the molecule is C#CCNC(C#N)CCc1ccccc1. The molecule has 1 atom stereocenters. The second-order valence-corrected chi connectivity index (χ2v) is 3.29. The first-order valence-electron chi connectivity index (χ1n) is 4.97. The van der Waals surface area contributed by atoms with Crippen molar-refractivity contribution < 1.29 is 0 Å². The minimum Gasteiger partial charge on any atom is -0.291 e.